The molecule has 6 heteroatoms. The number of rotatable bonds is 4. The fraction of sp³-hybridized carbons (Fsp3) is 0.0968. The van der Waals surface area contributed by atoms with Crippen LogP contribution in [0.1, 0.15) is 24.1 Å². The molecule has 186 valence electrons. The van der Waals surface area contributed by atoms with Gasteiger partial charge in [0, 0.05) is 0 Å². The fourth-order valence-corrected chi connectivity index (χ4v) is 4.79. The van der Waals surface area contributed by atoms with Gasteiger partial charge in [-0.1, -0.05) is 60.7 Å². The maximum atomic E-state index is 13.6. The number of hydrogen-bond acceptors (Lipinski definition) is 2. The van der Waals surface area contributed by atoms with Crippen LogP contribution >= 0.6 is 0 Å². The van der Waals surface area contributed by atoms with Crippen LogP contribution < -0.4 is 11.4 Å². The van der Waals surface area contributed by atoms with Crippen LogP contribution in [0.3, 0.4) is 0 Å². The Morgan fingerprint density at radius 2 is 1.49 bits per heavy atom. The summed E-state index contributed by atoms with van der Waals surface area (Å²) >= 11 is 0. The summed E-state index contributed by atoms with van der Waals surface area (Å²) < 4.78 is 4.39. The number of hydrogen-bond donors (Lipinski definition) is 0. The van der Waals surface area contributed by atoms with Gasteiger partial charge in [-0.25, -0.2) is 41.7 Å². The monoisotopic (exact) mass is 529 g/mol. The Bertz CT molecular complexity index is 1580. The summed E-state index contributed by atoms with van der Waals surface area (Å²) in [4.78, 5) is 27.1. The van der Waals surface area contributed by atoms with Crippen LogP contribution in [-0.2, 0) is 23.6 Å². The molecule has 0 amide bonds. The van der Waals surface area contributed by atoms with Crippen LogP contribution in [0.25, 0.3) is 11.3 Å². The van der Waals surface area contributed by atoms with Crippen molar-refractivity contribution < 1.29 is 17.1 Å². The Kier molecular flexibility index (Phi) is 7.92. The molecule has 0 fully saturated rings. The van der Waals surface area contributed by atoms with Crippen LogP contribution in [0, 0.1) is 0 Å². The van der Waals surface area contributed by atoms with E-state index < -0.39 is 6.04 Å². The number of nitrogens with zero attached hydrogens (tertiary/aromatic N) is 3. The Balaban J connectivity index is 0.000000479. The number of allylic oxidation sites excluding steroid dienone is 3. The summed E-state index contributed by atoms with van der Waals surface area (Å²) in [7, 11) is 0. The number of para-hydroxylation sites is 1. The second-order valence-electron chi connectivity index (χ2n) is 8.76. The van der Waals surface area contributed by atoms with Crippen LogP contribution in [-0.4, -0.2) is 13.9 Å². The van der Waals surface area contributed by atoms with Gasteiger partial charge in [-0.3, -0.25) is 0 Å². The van der Waals surface area contributed by atoms with Crippen molar-refractivity contribution >= 4 is 5.57 Å². The third-order valence-corrected chi connectivity index (χ3v) is 6.37. The minimum Gasteiger partial charge on any atom is -0.246 e. The number of aromatic nitrogens is 3. The average Bonchev–Trinajstić information content (AvgIpc) is 3.69. The summed E-state index contributed by atoms with van der Waals surface area (Å²) in [6.45, 7) is 6.50. The van der Waals surface area contributed by atoms with E-state index in [1.165, 1.54) is 4.57 Å². The van der Waals surface area contributed by atoms with Gasteiger partial charge in [0.05, 0.1) is 18.3 Å². The van der Waals surface area contributed by atoms with Crippen molar-refractivity contribution in [1.29, 1.82) is 0 Å². The molecule has 0 radical (unpaired) electrons. The molecular weight excluding hydrogens is 502 g/mol. The SMILES string of the molecule is C=C(C)C1=C(c2ccccc2)Cn2c(=O)n(-c3ccccc3)c(=O)n2C1c1cc[cH-]c1.[Fe+2].c1cc[cH-]c1. The summed E-state index contributed by atoms with van der Waals surface area (Å²) in [5.41, 5.74) is 4.70. The van der Waals surface area contributed by atoms with Crippen molar-refractivity contribution in [2.45, 2.75) is 19.5 Å². The number of benzene rings is 2. The predicted octanol–water partition coefficient (Wildman–Crippen LogP) is 5.56. The first-order valence-corrected chi connectivity index (χ1v) is 11.9. The first-order valence-electron chi connectivity index (χ1n) is 11.9. The van der Waals surface area contributed by atoms with Crippen molar-refractivity contribution in [3.63, 3.8) is 0 Å². The standard InChI is InChI=1S/C26H22N3O2.C5H5.Fe/c1-18(2)23-22(19-11-5-3-6-12-19)17-27-25(30)28(21-15-7-4-8-16-21)26(31)29(27)24(23)20-13-9-10-14-20;1-2-4-5-3-1;/h3-16,24H,1,17H2,2H3;1-5H;/q2*-1;+2. The van der Waals surface area contributed by atoms with E-state index in [4.69, 9.17) is 0 Å². The zero-order valence-corrected chi connectivity index (χ0v) is 21.6. The molecule has 1 aliphatic rings. The van der Waals surface area contributed by atoms with Crippen molar-refractivity contribution in [2.24, 2.45) is 0 Å². The molecule has 5 aromatic rings. The molecule has 1 aliphatic heterocycles. The van der Waals surface area contributed by atoms with Crippen LogP contribution in [0.2, 0.25) is 0 Å². The van der Waals surface area contributed by atoms with Gasteiger partial charge in [-0.05, 0) is 35.8 Å². The zero-order valence-electron chi connectivity index (χ0n) is 20.5. The van der Waals surface area contributed by atoms with E-state index in [0.29, 0.717) is 12.2 Å². The van der Waals surface area contributed by atoms with Crippen molar-refractivity contribution in [1.82, 2.24) is 13.9 Å². The smallest absolute Gasteiger partial charge is 0.246 e. The Labute approximate surface area is 226 Å². The number of fused-ring (bicyclic) bond motifs is 1. The van der Waals surface area contributed by atoms with Crippen LogP contribution in [0.5, 0.6) is 0 Å². The van der Waals surface area contributed by atoms with Crippen molar-refractivity contribution in [2.75, 3.05) is 0 Å². The van der Waals surface area contributed by atoms with E-state index in [9.17, 15) is 9.59 Å². The molecule has 0 bridgehead atoms. The van der Waals surface area contributed by atoms with E-state index in [-0.39, 0.29) is 28.4 Å². The van der Waals surface area contributed by atoms with Gasteiger partial charge in [0.1, 0.15) is 0 Å². The van der Waals surface area contributed by atoms with Gasteiger partial charge < -0.3 is 0 Å². The van der Waals surface area contributed by atoms with Gasteiger partial charge >= 0.3 is 28.4 Å². The molecule has 0 N–H and O–H groups in total. The molecule has 6 rings (SSSR count). The largest absolute Gasteiger partial charge is 2.00 e. The molecule has 0 aliphatic carbocycles. The molecule has 0 saturated carbocycles. The molecular formula is C31H27FeN3O2. The minimum absolute atomic E-state index is 0. The normalized spacial score (nSPS) is 14.2. The van der Waals surface area contributed by atoms with Gasteiger partial charge in [0.25, 0.3) is 0 Å². The second kappa shape index (κ2) is 11.3. The summed E-state index contributed by atoms with van der Waals surface area (Å²) in [6, 6.07) is 36.5. The zero-order chi connectivity index (χ0) is 25.1. The second-order valence-corrected chi connectivity index (χ2v) is 8.76. The van der Waals surface area contributed by atoms with Crippen molar-refractivity contribution in [3.05, 3.63) is 165 Å². The third-order valence-electron chi connectivity index (χ3n) is 6.37. The summed E-state index contributed by atoms with van der Waals surface area (Å²) in [6.07, 6.45) is 0. The fourth-order valence-electron chi connectivity index (χ4n) is 4.79. The van der Waals surface area contributed by atoms with E-state index in [1.54, 1.807) is 21.5 Å². The Morgan fingerprint density at radius 1 is 0.838 bits per heavy atom. The quantitative estimate of drug-likeness (QED) is 0.226. The molecule has 0 saturated heterocycles. The van der Waals surface area contributed by atoms with Gasteiger partial charge in [0.2, 0.25) is 0 Å². The van der Waals surface area contributed by atoms with Gasteiger partial charge in [-0.2, -0.15) is 42.0 Å². The van der Waals surface area contributed by atoms with E-state index in [1.807, 2.05) is 110 Å². The van der Waals surface area contributed by atoms with Crippen LogP contribution in [0.15, 0.2) is 143 Å². The molecule has 0 spiro atoms. The maximum Gasteiger partial charge on any atom is 2.00 e. The predicted molar refractivity (Wildman–Crippen MR) is 145 cm³/mol. The molecule has 1 aromatic heterocycles. The van der Waals surface area contributed by atoms with Gasteiger partial charge in [0.15, 0.2) is 0 Å². The van der Waals surface area contributed by atoms with Crippen LogP contribution in [0.4, 0.5) is 0 Å². The Morgan fingerprint density at radius 3 is 2.03 bits per heavy atom. The topological polar surface area (TPSA) is 48.9 Å². The van der Waals surface area contributed by atoms with E-state index in [0.717, 1.165) is 27.8 Å². The summed E-state index contributed by atoms with van der Waals surface area (Å²) in [5, 5.41) is 0. The molecule has 4 aromatic carbocycles. The van der Waals surface area contributed by atoms with E-state index in [2.05, 4.69) is 6.58 Å². The molecule has 37 heavy (non-hydrogen) atoms. The first kappa shape index (κ1) is 26.0. The Hall–Kier alpha value is -4.12. The van der Waals surface area contributed by atoms with Crippen molar-refractivity contribution in [3.8, 4) is 5.69 Å². The van der Waals surface area contributed by atoms with Gasteiger partial charge in [-0.15, -0.1) is 0 Å². The third kappa shape index (κ3) is 4.94. The van der Waals surface area contributed by atoms with E-state index >= 15 is 0 Å². The molecule has 1 atom stereocenters. The first-order chi connectivity index (χ1) is 17.6. The molecule has 2 heterocycles. The summed E-state index contributed by atoms with van der Waals surface area (Å²) in [5.74, 6) is 0. The molecule has 1 unspecified atom stereocenters. The molecule has 5 nitrogen and oxygen atoms in total. The maximum absolute atomic E-state index is 13.6. The average molecular weight is 529 g/mol. The minimum atomic E-state index is -0.429.